The van der Waals surface area contributed by atoms with Gasteiger partial charge in [-0.05, 0) is 77.3 Å². The maximum atomic E-state index is 12.6. The molecule has 1 aliphatic carbocycles. The number of anilines is 1. The number of ether oxygens (including phenoxy) is 2. The molecular formula is C27H37N3O4. The van der Waals surface area contributed by atoms with E-state index in [0.717, 1.165) is 92.5 Å². The molecule has 1 saturated heterocycles. The highest BCUT2D eigenvalue weighted by Gasteiger charge is 2.34. The van der Waals surface area contributed by atoms with E-state index in [0.29, 0.717) is 5.78 Å². The quantitative estimate of drug-likeness (QED) is 0.604. The molecule has 5 rings (SSSR count). The van der Waals surface area contributed by atoms with Gasteiger partial charge in [0.15, 0.2) is 0 Å². The molecular weight excluding hydrogens is 430 g/mol. The van der Waals surface area contributed by atoms with E-state index >= 15 is 0 Å². The summed E-state index contributed by atoms with van der Waals surface area (Å²) >= 11 is 0. The number of nitrogens with zero attached hydrogens (tertiary/aromatic N) is 3. The third kappa shape index (κ3) is 4.23. The summed E-state index contributed by atoms with van der Waals surface area (Å²) in [6, 6.07) is 4.54. The lowest BCUT2D eigenvalue weighted by atomic mass is 9.83. The van der Waals surface area contributed by atoms with Gasteiger partial charge in [-0.25, -0.2) is 9.78 Å². The summed E-state index contributed by atoms with van der Waals surface area (Å²) in [5.74, 6) is 1.49. The third-order valence-corrected chi connectivity index (χ3v) is 8.17. The number of methoxy groups -OCH3 is 1. The Bertz CT molecular complexity index is 1070. The Morgan fingerprint density at radius 2 is 2.00 bits per heavy atom. The SMILES string of the molecule is COC(=O)N1c2ccc3c(nc(C[C@@H]4CCCCO4)n3[C@@H]3CCC[C@@H](C(C)=O)C3)c2CC[C@@H]1C. The number of imidazole rings is 1. The molecule has 0 unspecified atom stereocenters. The van der Waals surface area contributed by atoms with Crippen molar-refractivity contribution in [2.24, 2.45) is 5.92 Å². The van der Waals surface area contributed by atoms with Gasteiger partial charge < -0.3 is 14.0 Å². The van der Waals surface area contributed by atoms with E-state index in [-0.39, 0.29) is 30.2 Å². The van der Waals surface area contributed by atoms with E-state index in [1.54, 1.807) is 11.8 Å². The molecule has 4 atom stereocenters. The lowest BCUT2D eigenvalue weighted by Gasteiger charge is -2.34. The van der Waals surface area contributed by atoms with Crippen molar-refractivity contribution in [2.45, 2.75) is 96.2 Å². The zero-order valence-electron chi connectivity index (χ0n) is 20.7. The Hall–Kier alpha value is -2.41. The number of amides is 1. The van der Waals surface area contributed by atoms with Crippen LogP contribution in [0.1, 0.15) is 82.6 Å². The second-order valence-electron chi connectivity index (χ2n) is 10.4. The highest BCUT2D eigenvalue weighted by molar-refractivity contribution is 5.95. The average molecular weight is 468 g/mol. The molecule has 1 saturated carbocycles. The summed E-state index contributed by atoms with van der Waals surface area (Å²) < 4.78 is 13.6. The molecule has 2 fully saturated rings. The zero-order valence-corrected chi connectivity index (χ0v) is 20.7. The van der Waals surface area contributed by atoms with Gasteiger partial charge in [0.05, 0.1) is 29.9 Å². The average Bonchev–Trinajstić information content (AvgIpc) is 3.22. The number of carbonyl (C=O) groups excluding carboxylic acids is 2. The van der Waals surface area contributed by atoms with Crippen LogP contribution in [0.25, 0.3) is 11.0 Å². The fourth-order valence-corrected chi connectivity index (χ4v) is 6.31. The van der Waals surface area contributed by atoms with Gasteiger partial charge in [-0.3, -0.25) is 9.69 Å². The molecule has 3 aliphatic rings. The van der Waals surface area contributed by atoms with E-state index in [4.69, 9.17) is 14.5 Å². The zero-order chi connectivity index (χ0) is 23.8. The second-order valence-corrected chi connectivity index (χ2v) is 10.4. The fourth-order valence-electron chi connectivity index (χ4n) is 6.31. The highest BCUT2D eigenvalue weighted by Crippen LogP contribution is 2.41. The van der Waals surface area contributed by atoms with E-state index in [2.05, 4.69) is 23.6 Å². The van der Waals surface area contributed by atoms with Crippen molar-refractivity contribution in [2.75, 3.05) is 18.6 Å². The van der Waals surface area contributed by atoms with Crippen molar-refractivity contribution in [3.63, 3.8) is 0 Å². The first-order valence-corrected chi connectivity index (χ1v) is 13.0. The summed E-state index contributed by atoms with van der Waals surface area (Å²) in [4.78, 5) is 31.8. The fraction of sp³-hybridized carbons (Fsp3) is 0.667. The molecule has 184 valence electrons. The minimum absolute atomic E-state index is 0.0873. The predicted molar refractivity (Wildman–Crippen MR) is 131 cm³/mol. The first-order valence-electron chi connectivity index (χ1n) is 13.0. The van der Waals surface area contributed by atoms with Crippen molar-refractivity contribution in [3.05, 3.63) is 23.5 Å². The van der Waals surface area contributed by atoms with Gasteiger partial charge in [-0.1, -0.05) is 6.42 Å². The van der Waals surface area contributed by atoms with Crippen LogP contribution in [0, 0.1) is 5.92 Å². The highest BCUT2D eigenvalue weighted by atomic mass is 16.5. The number of benzene rings is 1. The van der Waals surface area contributed by atoms with Crippen molar-refractivity contribution in [1.29, 1.82) is 0 Å². The number of Topliss-reactive ketones (excluding diaryl/α,β-unsaturated/α-hetero) is 1. The predicted octanol–water partition coefficient (Wildman–Crippen LogP) is 5.38. The Kier molecular flexibility index (Phi) is 6.65. The molecule has 0 bridgehead atoms. The Morgan fingerprint density at radius 1 is 1.15 bits per heavy atom. The van der Waals surface area contributed by atoms with Gasteiger partial charge in [-0.2, -0.15) is 0 Å². The van der Waals surface area contributed by atoms with E-state index in [1.807, 2.05) is 0 Å². The van der Waals surface area contributed by atoms with Crippen LogP contribution in [-0.2, 0) is 27.1 Å². The lowest BCUT2D eigenvalue weighted by Crippen LogP contribution is -2.42. The van der Waals surface area contributed by atoms with Crippen LogP contribution in [0.2, 0.25) is 0 Å². The van der Waals surface area contributed by atoms with Gasteiger partial charge in [-0.15, -0.1) is 0 Å². The molecule has 7 heteroatoms. The van der Waals surface area contributed by atoms with Crippen LogP contribution >= 0.6 is 0 Å². The van der Waals surface area contributed by atoms with Crippen LogP contribution in [0.3, 0.4) is 0 Å². The first-order chi connectivity index (χ1) is 16.5. The molecule has 0 radical (unpaired) electrons. The standard InChI is InChI=1S/C27H37N3O4/c1-17-10-11-22-23(29(17)27(32)33-3)12-13-24-26(22)28-25(16-21-9-4-5-14-34-21)30(24)20-8-6-7-19(15-20)18(2)31/h12-13,17,19-21H,4-11,14-16H2,1-3H3/t17-,19+,20+,21-/m0/s1. The van der Waals surface area contributed by atoms with Gasteiger partial charge in [0.1, 0.15) is 11.6 Å². The van der Waals surface area contributed by atoms with Crippen molar-refractivity contribution in [3.8, 4) is 0 Å². The summed E-state index contributed by atoms with van der Waals surface area (Å²) in [5, 5.41) is 0. The first kappa shape index (κ1) is 23.3. The molecule has 3 heterocycles. The van der Waals surface area contributed by atoms with Crippen LogP contribution < -0.4 is 4.90 Å². The molecule has 2 aromatic rings. The van der Waals surface area contributed by atoms with Gasteiger partial charge in [0.2, 0.25) is 0 Å². The minimum Gasteiger partial charge on any atom is -0.452 e. The second kappa shape index (κ2) is 9.68. The number of ketones is 1. The monoisotopic (exact) mass is 467 g/mol. The molecule has 1 aromatic carbocycles. The molecule has 1 aromatic heterocycles. The Balaban J connectivity index is 1.60. The molecule has 7 nitrogen and oxygen atoms in total. The van der Waals surface area contributed by atoms with E-state index in [1.165, 1.54) is 13.5 Å². The summed E-state index contributed by atoms with van der Waals surface area (Å²) in [5.41, 5.74) is 4.16. The number of hydrogen-bond donors (Lipinski definition) is 0. The number of hydrogen-bond acceptors (Lipinski definition) is 5. The van der Waals surface area contributed by atoms with Crippen molar-refractivity contribution < 1.29 is 19.1 Å². The largest absolute Gasteiger partial charge is 0.452 e. The smallest absolute Gasteiger partial charge is 0.414 e. The van der Waals surface area contributed by atoms with Crippen LogP contribution in [0.4, 0.5) is 10.5 Å². The molecule has 34 heavy (non-hydrogen) atoms. The molecule has 2 aliphatic heterocycles. The van der Waals surface area contributed by atoms with Crippen molar-refractivity contribution in [1.82, 2.24) is 9.55 Å². The van der Waals surface area contributed by atoms with Crippen molar-refractivity contribution >= 4 is 28.6 Å². The number of carbonyl (C=O) groups is 2. The van der Waals surface area contributed by atoms with Crippen LogP contribution in [0.5, 0.6) is 0 Å². The molecule has 0 N–H and O–H groups in total. The summed E-state index contributed by atoms with van der Waals surface area (Å²) in [6.45, 7) is 4.62. The van der Waals surface area contributed by atoms with Gasteiger partial charge in [0.25, 0.3) is 0 Å². The number of aryl methyl sites for hydroxylation is 1. The number of rotatable bonds is 4. The van der Waals surface area contributed by atoms with E-state index < -0.39 is 0 Å². The van der Waals surface area contributed by atoms with Gasteiger partial charge in [0, 0.05) is 36.6 Å². The topological polar surface area (TPSA) is 73.7 Å². The van der Waals surface area contributed by atoms with Crippen LogP contribution in [-0.4, -0.2) is 47.3 Å². The molecule has 0 spiro atoms. The Morgan fingerprint density at radius 3 is 2.74 bits per heavy atom. The minimum atomic E-state index is -0.320. The van der Waals surface area contributed by atoms with Crippen LogP contribution in [0.15, 0.2) is 12.1 Å². The van der Waals surface area contributed by atoms with Gasteiger partial charge >= 0.3 is 6.09 Å². The maximum absolute atomic E-state index is 12.6. The number of fused-ring (bicyclic) bond motifs is 3. The normalized spacial score (nSPS) is 27.4. The van der Waals surface area contributed by atoms with E-state index in [9.17, 15) is 9.59 Å². The number of aromatic nitrogens is 2. The lowest BCUT2D eigenvalue weighted by molar-refractivity contribution is -0.122. The Labute approximate surface area is 201 Å². The summed E-state index contributed by atoms with van der Waals surface area (Å²) in [6.07, 6.45) is 9.82. The maximum Gasteiger partial charge on any atom is 0.414 e. The summed E-state index contributed by atoms with van der Waals surface area (Å²) in [7, 11) is 1.44. The molecule has 1 amide bonds. The third-order valence-electron chi connectivity index (χ3n) is 8.17.